The predicted octanol–water partition coefficient (Wildman–Crippen LogP) is 15.5. The molecule has 6 aromatic rings. The minimum absolute atomic E-state index is 0.0146. The Hall–Kier alpha value is -3.81. The summed E-state index contributed by atoms with van der Waals surface area (Å²) in [5.74, 6) is 0. The SMILES string of the molecule is CC.CC.CC.CC.CC.CC.Cc1ccc2cc3ccccc3cc2c1C.c1ccc([S+](c2ccccc2)c2ccccc2)cc1. The van der Waals surface area contributed by atoms with Crippen molar-refractivity contribution in [2.45, 2.75) is 112 Å². The van der Waals surface area contributed by atoms with Gasteiger partial charge in [-0.2, -0.15) is 0 Å². The van der Waals surface area contributed by atoms with Crippen LogP contribution in [0.4, 0.5) is 0 Å². The van der Waals surface area contributed by atoms with Gasteiger partial charge in [0.25, 0.3) is 0 Å². The molecule has 0 aliphatic heterocycles. The van der Waals surface area contributed by atoms with Crippen LogP contribution in [0.2, 0.25) is 0 Å². The molecule has 0 bridgehead atoms. The summed E-state index contributed by atoms with van der Waals surface area (Å²) in [5, 5.41) is 5.35. The van der Waals surface area contributed by atoms with E-state index in [2.05, 4.69) is 153 Å². The van der Waals surface area contributed by atoms with Crippen LogP contribution in [0.25, 0.3) is 21.5 Å². The van der Waals surface area contributed by atoms with Crippen LogP contribution in [0.5, 0.6) is 0 Å². The fourth-order valence-electron chi connectivity index (χ4n) is 4.35. The third-order valence-corrected chi connectivity index (χ3v) is 8.59. The van der Waals surface area contributed by atoms with Crippen molar-refractivity contribution in [1.82, 2.24) is 0 Å². The zero-order valence-corrected chi connectivity index (χ0v) is 33.0. The molecular weight excluding hydrogens is 585 g/mol. The van der Waals surface area contributed by atoms with Gasteiger partial charge < -0.3 is 0 Å². The molecular formula is C46H65S+. The monoisotopic (exact) mass is 649 g/mol. The lowest BCUT2D eigenvalue weighted by Crippen LogP contribution is -2.04. The summed E-state index contributed by atoms with van der Waals surface area (Å²) in [6.07, 6.45) is 0. The van der Waals surface area contributed by atoms with Gasteiger partial charge in [0.1, 0.15) is 0 Å². The van der Waals surface area contributed by atoms with Crippen LogP contribution in [0, 0.1) is 13.8 Å². The van der Waals surface area contributed by atoms with Crippen LogP contribution in [0.3, 0.4) is 0 Å². The van der Waals surface area contributed by atoms with E-state index in [0.29, 0.717) is 0 Å². The van der Waals surface area contributed by atoms with E-state index in [-0.39, 0.29) is 10.9 Å². The third-order valence-electron chi connectivity index (χ3n) is 6.36. The summed E-state index contributed by atoms with van der Waals surface area (Å²) < 4.78 is 0. The number of aryl methyl sites for hydroxylation is 2. The highest BCUT2D eigenvalue weighted by Crippen LogP contribution is 2.30. The Bertz CT molecular complexity index is 1440. The molecule has 0 aliphatic carbocycles. The second kappa shape index (κ2) is 29.6. The zero-order chi connectivity index (χ0) is 36.0. The lowest BCUT2D eigenvalue weighted by Gasteiger charge is -2.07. The third kappa shape index (κ3) is 14.7. The maximum Gasteiger partial charge on any atom is 0.166 e. The standard InChI is InChI=1S/C18H15S.C16H14.6C2H6/c1-4-10-16(11-5-1)19(17-12-6-2-7-13-17)18-14-8-3-9-15-18;1-11-7-8-15-9-13-5-3-4-6-14(13)10-16(15)12(11)2;6*1-2/h1-15H;3-10H,1-2H3;6*1-2H3/q+1;;;;;;;. The van der Waals surface area contributed by atoms with E-state index in [4.69, 9.17) is 0 Å². The largest absolute Gasteiger partial charge is 0.166 e. The van der Waals surface area contributed by atoms with Gasteiger partial charge >= 0.3 is 0 Å². The van der Waals surface area contributed by atoms with Gasteiger partial charge in [0.05, 0.1) is 10.9 Å². The van der Waals surface area contributed by atoms with Crippen LogP contribution in [-0.4, -0.2) is 0 Å². The normalized spacial score (nSPS) is 8.83. The van der Waals surface area contributed by atoms with Gasteiger partial charge in [0, 0.05) is 0 Å². The van der Waals surface area contributed by atoms with Gasteiger partial charge in [-0.15, -0.1) is 0 Å². The molecule has 47 heavy (non-hydrogen) atoms. The van der Waals surface area contributed by atoms with Crippen molar-refractivity contribution in [3.8, 4) is 0 Å². The van der Waals surface area contributed by atoms with Crippen molar-refractivity contribution in [2.24, 2.45) is 0 Å². The fraction of sp³-hybridized carbons (Fsp3) is 0.304. The first-order chi connectivity index (χ1) is 23.2. The minimum Gasteiger partial charge on any atom is -0.0683 e. The minimum atomic E-state index is -0.0146. The summed E-state index contributed by atoms with van der Waals surface area (Å²) in [6.45, 7) is 28.4. The van der Waals surface area contributed by atoms with Gasteiger partial charge in [-0.05, 0) is 95.1 Å². The molecule has 0 saturated heterocycles. The Balaban J connectivity index is 0. The molecule has 0 aliphatic rings. The van der Waals surface area contributed by atoms with Crippen molar-refractivity contribution in [3.63, 3.8) is 0 Å². The molecule has 0 amide bonds. The van der Waals surface area contributed by atoms with E-state index < -0.39 is 0 Å². The molecule has 0 N–H and O–H groups in total. The second-order valence-electron chi connectivity index (χ2n) is 8.67. The lowest BCUT2D eigenvalue weighted by atomic mass is 9.97. The summed E-state index contributed by atoms with van der Waals surface area (Å²) >= 11 is 0. The van der Waals surface area contributed by atoms with E-state index >= 15 is 0 Å². The number of benzene rings is 6. The number of hydrogen-bond donors (Lipinski definition) is 0. The average Bonchev–Trinajstić information content (AvgIpc) is 3.19. The van der Waals surface area contributed by atoms with Crippen molar-refractivity contribution in [1.29, 1.82) is 0 Å². The first kappa shape index (κ1) is 45.3. The summed E-state index contributed by atoms with van der Waals surface area (Å²) in [5.41, 5.74) is 2.76. The van der Waals surface area contributed by atoms with Gasteiger partial charge in [0.15, 0.2) is 14.7 Å². The molecule has 0 spiro atoms. The van der Waals surface area contributed by atoms with Gasteiger partial charge in [-0.1, -0.05) is 174 Å². The van der Waals surface area contributed by atoms with Gasteiger partial charge in [0.2, 0.25) is 0 Å². The van der Waals surface area contributed by atoms with Crippen molar-refractivity contribution in [2.75, 3.05) is 0 Å². The molecule has 0 unspecified atom stereocenters. The van der Waals surface area contributed by atoms with E-state index in [9.17, 15) is 0 Å². The Labute approximate surface area is 293 Å². The van der Waals surface area contributed by atoms with E-state index in [1.54, 1.807) is 0 Å². The lowest BCUT2D eigenvalue weighted by molar-refractivity contribution is 1.32. The van der Waals surface area contributed by atoms with Gasteiger partial charge in [-0.3, -0.25) is 0 Å². The van der Waals surface area contributed by atoms with Crippen LogP contribution in [0.15, 0.2) is 154 Å². The Morgan fingerprint density at radius 2 is 0.638 bits per heavy atom. The maximum absolute atomic E-state index is 2.30. The number of fused-ring (bicyclic) bond motifs is 2. The maximum atomic E-state index is 2.30. The van der Waals surface area contributed by atoms with Crippen molar-refractivity contribution >= 4 is 32.4 Å². The summed E-state index contributed by atoms with van der Waals surface area (Å²) in [7, 11) is -0.0146. The number of hydrogen-bond acceptors (Lipinski definition) is 0. The van der Waals surface area contributed by atoms with Crippen LogP contribution in [-0.2, 0) is 10.9 Å². The first-order valence-electron chi connectivity index (χ1n) is 18.0. The molecule has 0 saturated carbocycles. The van der Waals surface area contributed by atoms with Crippen LogP contribution < -0.4 is 0 Å². The fourth-order valence-corrected chi connectivity index (χ4v) is 6.46. The highest BCUT2D eigenvalue weighted by atomic mass is 32.2. The van der Waals surface area contributed by atoms with Crippen molar-refractivity contribution < 1.29 is 0 Å². The van der Waals surface area contributed by atoms with Gasteiger partial charge in [-0.25, -0.2) is 0 Å². The highest BCUT2D eigenvalue weighted by molar-refractivity contribution is 7.97. The van der Waals surface area contributed by atoms with Crippen LogP contribution >= 0.6 is 0 Å². The highest BCUT2D eigenvalue weighted by Gasteiger charge is 2.27. The Kier molecular flexibility index (Phi) is 28.5. The Morgan fingerprint density at radius 1 is 0.319 bits per heavy atom. The molecule has 1 heteroatoms. The topological polar surface area (TPSA) is 0 Å². The van der Waals surface area contributed by atoms with E-state index in [1.807, 2.05) is 83.1 Å². The molecule has 0 aromatic heterocycles. The molecule has 6 aromatic carbocycles. The first-order valence-corrected chi connectivity index (χ1v) is 19.2. The summed E-state index contributed by atoms with van der Waals surface area (Å²) in [6, 6.07) is 49.7. The van der Waals surface area contributed by atoms with E-state index in [1.165, 1.54) is 47.4 Å². The predicted molar refractivity (Wildman–Crippen MR) is 221 cm³/mol. The molecule has 0 atom stereocenters. The Morgan fingerprint density at radius 3 is 1.00 bits per heavy atom. The second-order valence-corrected chi connectivity index (χ2v) is 10.7. The molecule has 0 radical (unpaired) electrons. The molecule has 0 heterocycles. The quantitative estimate of drug-likeness (QED) is 0.132. The number of rotatable bonds is 3. The van der Waals surface area contributed by atoms with Crippen LogP contribution in [0.1, 0.15) is 94.2 Å². The molecule has 6 rings (SSSR count). The summed E-state index contributed by atoms with van der Waals surface area (Å²) in [4.78, 5) is 4.08. The molecule has 0 fully saturated rings. The van der Waals surface area contributed by atoms with E-state index in [0.717, 1.165) is 0 Å². The molecule has 254 valence electrons. The zero-order valence-electron chi connectivity index (χ0n) is 32.2. The average molecular weight is 650 g/mol. The smallest absolute Gasteiger partial charge is 0.0683 e. The molecule has 0 nitrogen and oxygen atoms in total. The van der Waals surface area contributed by atoms with Crippen molar-refractivity contribution in [3.05, 3.63) is 151 Å².